The molecule has 0 spiro atoms. The number of carboxylic acids is 1. The third-order valence-corrected chi connectivity index (χ3v) is 5.24. The Morgan fingerprint density at radius 1 is 1.00 bits per heavy atom. The van der Waals surface area contributed by atoms with Gasteiger partial charge in [-0.05, 0) is 43.0 Å². The molecule has 0 bridgehead atoms. The molecule has 2 nitrogen and oxygen atoms in total. The number of thioether (sulfide) groups is 1. The van der Waals surface area contributed by atoms with E-state index in [9.17, 15) is 23.1 Å². The van der Waals surface area contributed by atoms with E-state index in [2.05, 4.69) is 12.1 Å². The highest BCUT2D eigenvalue weighted by Crippen LogP contribution is 2.34. The second-order valence-corrected chi connectivity index (χ2v) is 7.33. The van der Waals surface area contributed by atoms with Crippen molar-refractivity contribution in [2.75, 3.05) is 0 Å². The SMILES string of the molecule is O=C(O)C(CCCCCc1ccccc1)Sc1cccc(C(F)(F)F)c1. The van der Waals surface area contributed by atoms with Gasteiger partial charge < -0.3 is 5.11 Å². The van der Waals surface area contributed by atoms with Crippen LogP contribution in [-0.4, -0.2) is 16.3 Å². The highest BCUT2D eigenvalue weighted by molar-refractivity contribution is 8.00. The minimum Gasteiger partial charge on any atom is -0.480 e. The molecule has 140 valence electrons. The van der Waals surface area contributed by atoms with Crippen LogP contribution in [0.4, 0.5) is 13.2 Å². The van der Waals surface area contributed by atoms with Crippen LogP contribution in [-0.2, 0) is 17.4 Å². The van der Waals surface area contributed by atoms with Crippen molar-refractivity contribution in [1.29, 1.82) is 0 Å². The smallest absolute Gasteiger partial charge is 0.416 e. The lowest BCUT2D eigenvalue weighted by atomic mass is 10.1. The maximum absolute atomic E-state index is 12.8. The second-order valence-electron chi connectivity index (χ2n) is 6.06. The predicted octanol–water partition coefficient (Wildman–Crippen LogP) is 6.05. The molecule has 2 aromatic carbocycles. The number of carboxylic acid groups (broad SMARTS) is 1. The molecule has 6 heteroatoms. The van der Waals surface area contributed by atoms with Gasteiger partial charge in [-0.25, -0.2) is 0 Å². The van der Waals surface area contributed by atoms with Crippen LogP contribution >= 0.6 is 11.8 Å². The Balaban J connectivity index is 1.82. The highest BCUT2D eigenvalue weighted by atomic mass is 32.2. The first kappa shape index (κ1) is 20.4. The van der Waals surface area contributed by atoms with Gasteiger partial charge in [-0.3, -0.25) is 4.79 Å². The molecule has 0 aromatic heterocycles. The fourth-order valence-corrected chi connectivity index (χ4v) is 3.69. The first-order valence-corrected chi connectivity index (χ1v) is 9.35. The van der Waals surface area contributed by atoms with Crippen molar-refractivity contribution in [3.63, 3.8) is 0 Å². The minimum atomic E-state index is -4.42. The van der Waals surface area contributed by atoms with E-state index in [1.807, 2.05) is 18.2 Å². The van der Waals surface area contributed by atoms with Crippen LogP contribution in [0.3, 0.4) is 0 Å². The Labute approximate surface area is 155 Å². The molecule has 0 fully saturated rings. The largest absolute Gasteiger partial charge is 0.480 e. The lowest BCUT2D eigenvalue weighted by Crippen LogP contribution is -2.16. The number of unbranched alkanes of at least 4 members (excludes halogenated alkanes) is 2. The molecular formula is C20H21F3O2S. The lowest BCUT2D eigenvalue weighted by Gasteiger charge is -2.13. The highest BCUT2D eigenvalue weighted by Gasteiger charge is 2.30. The van der Waals surface area contributed by atoms with Crippen LogP contribution in [0.25, 0.3) is 0 Å². The summed E-state index contributed by atoms with van der Waals surface area (Å²) in [6, 6.07) is 14.9. The Morgan fingerprint density at radius 2 is 1.73 bits per heavy atom. The fraction of sp³-hybridized carbons (Fsp3) is 0.350. The number of alkyl halides is 3. The fourth-order valence-electron chi connectivity index (χ4n) is 2.62. The van der Waals surface area contributed by atoms with Gasteiger partial charge in [0.05, 0.1) is 5.56 Å². The summed E-state index contributed by atoms with van der Waals surface area (Å²) in [5, 5.41) is 8.61. The number of halogens is 3. The molecule has 0 aliphatic heterocycles. The number of carbonyl (C=O) groups is 1. The van der Waals surface area contributed by atoms with Crippen LogP contribution < -0.4 is 0 Å². The number of aliphatic carboxylic acids is 1. The molecule has 2 aromatic rings. The maximum Gasteiger partial charge on any atom is 0.416 e. The summed E-state index contributed by atoms with van der Waals surface area (Å²) in [6.45, 7) is 0. The molecule has 1 unspecified atom stereocenters. The third-order valence-electron chi connectivity index (χ3n) is 3.99. The third kappa shape index (κ3) is 6.75. The van der Waals surface area contributed by atoms with Crippen LogP contribution in [0.5, 0.6) is 0 Å². The molecule has 0 aliphatic carbocycles. The van der Waals surface area contributed by atoms with E-state index in [1.54, 1.807) is 0 Å². The van der Waals surface area contributed by atoms with Gasteiger partial charge in [-0.15, -0.1) is 11.8 Å². The summed E-state index contributed by atoms with van der Waals surface area (Å²) < 4.78 is 38.3. The van der Waals surface area contributed by atoms with Crippen LogP contribution in [0.1, 0.15) is 36.8 Å². The molecule has 0 saturated carbocycles. The number of benzene rings is 2. The van der Waals surface area contributed by atoms with E-state index in [0.29, 0.717) is 11.3 Å². The zero-order valence-electron chi connectivity index (χ0n) is 14.2. The number of hydrogen-bond acceptors (Lipinski definition) is 2. The van der Waals surface area contributed by atoms with Gasteiger partial charge >= 0.3 is 12.1 Å². The van der Waals surface area contributed by atoms with Gasteiger partial charge in [0.1, 0.15) is 5.25 Å². The molecule has 0 aliphatic rings. The summed E-state index contributed by atoms with van der Waals surface area (Å²) in [5.74, 6) is -0.990. The molecule has 1 atom stereocenters. The summed E-state index contributed by atoms with van der Waals surface area (Å²) in [5.41, 5.74) is 0.495. The van der Waals surface area contributed by atoms with Crippen LogP contribution in [0.15, 0.2) is 59.5 Å². The molecular weight excluding hydrogens is 361 g/mol. The van der Waals surface area contributed by atoms with Gasteiger partial charge in [0.2, 0.25) is 0 Å². The lowest BCUT2D eigenvalue weighted by molar-refractivity contribution is -0.138. The van der Waals surface area contributed by atoms with Crippen molar-refractivity contribution < 1.29 is 23.1 Å². The molecule has 26 heavy (non-hydrogen) atoms. The van der Waals surface area contributed by atoms with Crippen LogP contribution in [0.2, 0.25) is 0 Å². The topological polar surface area (TPSA) is 37.3 Å². The van der Waals surface area contributed by atoms with E-state index >= 15 is 0 Å². The average Bonchev–Trinajstić information content (AvgIpc) is 2.60. The molecule has 0 heterocycles. The van der Waals surface area contributed by atoms with Crippen molar-refractivity contribution in [3.05, 3.63) is 65.7 Å². The second kappa shape index (κ2) is 9.67. The Morgan fingerprint density at radius 3 is 2.38 bits per heavy atom. The summed E-state index contributed by atoms with van der Waals surface area (Å²) >= 11 is 0.982. The summed E-state index contributed by atoms with van der Waals surface area (Å²) in [6.07, 6.45) is -0.459. The quantitative estimate of drug-likeness (QED) is 0.423. The zero-order valence-corrected chi connectivity index (χ0v) is 15.0. The van der Waals surface area contributed by atoms with Crippen LogP contribution in [0, 0.1) is 0 Å². The minimum absolute atomic E-state index is 0.330. The monoisotopic (exact) mass is 382 g/mol. The first-order chi connectivity index (χ1) is 12.4. The average molecular weight is 382 g/mol. The molecule has 2 rings (SSSR count). The van der Waals surface area contributed by atoms with E-state index in [-0.39, 0.29) is 0 Å². The molecule has 1 N–H and O–H groups in total. The molecule has 0 saturated heterocycles. The normalized spacial score (nSPS) is 12.7. The van der Waals surface area contributed by atoms with Crippen molar-refractivity contribution in [2.24, 2.45) is 0 Å². The number of aryl methyl sites for hydroxylation is 1. The van der Waals surface area contributed by atoms with Crippen molar-refractivity contribution in [1.82, 2.24) is 0 Å². The molecule has 0 amide bonds. The van der Waals surface area contributed by atoms with Crippen molar-refractivity contribution >= 4 is 17.7 Å². The van der Waals surface area contributed by atoms with E-state index < -0.39 is 23.0 Å². The van der Waals surface area contributed by atoms with Crippen molar-refractivity contribution in [3.8, 4) is 0 Å². The van der Waals surface area contributed by atoms with Crippen molar-refractivity contribution in [2.45, 2.75) is 48.4 Å². The van der Waals surface area contributed by atoms with Gasteiger partial charge in [-0.1, -0.05) is 49.2 Å². The molecule has 0 radical (unpaired) electrons. The van der Waals surface area contributed by atoms with Gasteiger partial charge in [0.25, 0.3) is 0 Å². The van der Waals surface area contributed by atoms with E-state index in [0.717, 1.165) is 49.6 Å². The first-order valence-electron chi connectivity index (χ1n) is 8.47. The van der Waals surface area contributed by atoms with E-state index in [1.165, 1.54) is 17.7 Å². The summed E-state index contributed by atoms with van der Waals surface area (Å²) in [7, 11) is 0. The standard InChI is InChI=1S/C20H21F3O2S/c21-20(22,23)16-11-7-12-17(14-16)26-18(19(24)25)13-6-2-5-10-15-8-3-1-4-9-15/h1,3-4,7-9,11-12,14,18H,2,5-6,10,13H2,(H,24,25). The Bertz CT molecular complexity index is 702. The predicted molar refractivity (Wildman–Crippen MR) is 97.3 cm³/mol. The maximum atomic E-state index is 12.8. The van der Waals surface area contributed by atoms with Gasteiger partial charge in [0.15, 0.2) is 0 Å². The number of rotatable bonds is 9. The number of hydrogen-bond donors (Lipinski definition) is 1. The Kier molecular flexibility index (Phi) is 7.57. The zero-order chi connectivity index (χ0) is 19.0. The summed E-state index contributed by atoms with van der Waals surface area (Å²) in [4.78, 5) is 11.8. The van der Waals surface area contributed by atoms with E-state index in [4.69, 9.17) is 0 Å². The van der Waals surface area contributed by atoms with Gasteiger partial charge in [-0.2, -0.15) is 13.2 Å². The Hall–Kier alpha value is -1.95. The van der Waals surface area contributed by atoms with Gasteiger partial charge in [0, 0.05) is 4.90 Å².